The molecule has 2 N–H and O–H groups in total. The molecular weight excluding hydrogens is 276 g/mol. The second-order valence-electron chi connectivity index (χ2n) is 5.63. The number of piperidine rings is 1. The van der Waals surface area contributed by atoms with E-state index in [1.165, 1.54) is 0 Å². The molecule has 2 aliphatic heterocycles. The molecule has 1 fully saturated rings. The van der Waals surface area contributed by atoms with E-state index in [0.29, 0.717) is 12.3 Å². The van der Waals surface area contributed by atoms with E-state index >= 15 is 0 Å². The molecule has 2 heterocycles. The Kier molecular flexibility index (Phi) is 4.55. The Hall–Kier alpha value is -1.26. The molecule has 110 valence electrons. The largest absolute Gasteiger partial charge is 0.480 e. The minimum atomic E-state index is -0.348. The van der Waals surface area contributed by atoms with Gasteiger partial charge in [0.2, 0.25) is 0 Å². The Balaban J connectivity index is 0.00000147. The van der Waals surface area contributed by atoms with E-state index < -0.39 is 0 Å². The van der Waals surface area contributed by atoms with Crippen molar-refractivity contribution in [2.75, 3.05) is 13.1 Å². The Labute approximate surface area is 125 Å². The van der Waals surface area contributed by atoms with Crippen molar-refractivity contribution in [3.8, 4) is 5.75 Å². The second kappa shape index (κ2) is 6.02. The summed E-state index contributed by atoms with van der Waals surface area (Å²) in [6, 6.07) is 8.09. The smallest absolute Gasteiger partial charge is 0.264 e. The zero-order chi connectivity index (χ0) is 13.4. The van der Waals surface area contributed by atoms with Crippen LogP contribution in [0.2, 0.25) is 0 Å². The zero-order valence-corrected chi connectivity index (χ0v) is 12.4. The summed E-state index contributed by atoms with van der Waals surface area (Å²) in [6.45, 7) is 3.60. The van der Waals surface area contributed by atoms with Gasteiger partial charge in [-0.2, -0.15) is 0 Å². The maximum Gasteiger partial charge on any atom is 0.264 e. The number of nitrogens with two attached hydrogens (primary N) is 1. The molecule has 0 saturated carbocycles. The molecule has 3 atom stereocenters. The van der Waals surface area contributed by atoms with Crippen molar-refractivity contribution in [2.45, 2.75) is 31.9 Å². The van der Waals surface area contributed by atoms with Gasteiger partial charge in [0.1, 0.15) is 5.75 Å². The lowest BCUT2D eigenvalue weighted by molar-refractivity contribution is -0.139. The van der Waals surface area contributed by atoms with Gasteiger partial charge in [-0.1, -0.05) is 25.1 Å². The van der Waals surface area contributed by atoms with E-state index in [-0.39, 0.29) is 30.5 Å². The number of para-hydroxylation sites is 1. The molecule has 1 saturated heterocycles. The number of amides is 1. The Morgan fingerprint density at radius 3 is 2.85 bits per heavy atom. The number of rotatable bonds is 1. The maximum absolute atomic E-state index is 12.5. The van der Waals surface area contributed by atoms with Gasteiger partial charge in [0.15, 0.2) is 6.10 Å². The lowest BCUT2D eigenvalue weighted by Crippen LogP contribution is -2.51. The van der Waals surface area contributed by atoms with Gasteiger partial charge in [-0.15, -0.1) is 12.4 Å². The van der Waals surface area contributed by atoms with Crippen LogP contribution in [-0.4, -0.2) is 36.0 Å². The van der Waals surface area contributed by atoms with Crippen molar-refractivity contribution in [3.63, 3.8) is 0 Å². The van der Waals surface area contributed by atoms with Crippen LogP contribution >= 0.6 is 12.4 Å². The minimum absolute atomic E-state index is 0. The first-order valence-electron chi connectivity index (χ1n) is 6.94. The first-order chi connectivity index (χ1) is 9.15. The second-order valence-corrected chi connectivity index (χ2v) is 5.63. The molecule has 20 heavy (non-hydrogen) atoms. The molecule has 5 heteroatoms. The molecule has 1 amide bonds. The number of hydrogen-bond acceptors (Lipinski definition) is 3. The number of carbonyl (C=O) groups is 1. The van der Waals surface area contributed by atoms with Crippen molar-refractivity contribution in [2.24, 2.45) is 11.7 Å². The third kappa shape index (κ3) is 2.76. The molecule has 3 rings (SSSR count). The summed E-state index contributed by atoms with van der Waals surface area (Å²) in [5.41, 5.74) is 7.12. The van der Waals surface area contributed by atoms with E-state index in [1.54, 1.807) is 0 Å². The van der Waals surface area contributed by atoms with Gasteiger partial charge < -0.3 is 15.4 Å². The average molecular weight is 297 g/mol. The number of carbonyl (C=O) groups excluding carboxylic acids is 1. The summed E-state index contributed by atoms with van der Waals surface area (Å²) >= 11 is 0. The highest BCUT2D eigenvalue weighted by molar-refractivity contribution is 5.85. The molecule has 0 radical (unpaired) electrons. The van der Waals surface area contributed by atoms with Crippen molar-refractivity contribution in [3.05, 3.63) is 29.8 Å². The molecular formula is C15H21ClN2O2. The molecule has 0 bridgehead atoms. The topological polar surface area (TPSA) is 55.6 Å². The fraction of sp³-hybridized carbons (Fsp3) is 0.533. The predicted octanol–water partition coefficient (Wildman–Crippen LogP) is 1.61. The summed E-state index contributed by atoms with van der Waals surface area (Å²) in [4.78, 5) is 14.4. The van der Waals surface area contributed by atoms with Gasteiger partial charge in [-0.3, -0.25) is 4.79 Å². The van der Waals surface area contributed by atoms with Gasteiger partial charge in [-0.25, -0.2) is 0 Å². The number of likely N-dealkylation sites (tertiary alicyclic amines) is 1. The van der Waals surface area contributed by atoms with Crippen molar-refractivity contribution >= 4 is 18.3 Å². The summed E-state index contributed by atoms with van der Waals surface area (Å²) in [6.07, 6.45) is 1.22. The van der Waals surface area contributed by atoms with Crippen LogP contribution in [0.3, 0.4) is 0 Å². The third-order valence-electron chi connectivity index (χ3n) is 4.21. The minimum Gasteiger partial charge on any atom is -0.480 e. The van der Waals surface area contributed by atoms with E-state index in [0.717, 1.165) is 30.8 Å². The van der Waals surface area contributed by atoms with Crippen LogP contribution in [0.4, 0.5) is 0 Å². The maximum atomic E-state index is 12.5. The number of benzene rings is 1. The molecule has 0 aromatic heterocycles. The number of halogens is 1. The first kappa shape index (κ1) is 15.1. The molecule has 0 aliphatic carbocycles. The van der Waals surface area contributed by atoms with Crippen LogP contribution in [0, 0.1) is 5.92 Å². The van der Waals surface area contributed by atoms with E-state index in [4.69, 9.17) is 10.5 Å². The summed E-state index contributed by atoms with van der Waals surface area (Å²) < 4.78 is 5.76. The molecule has 0 spiro atoms. The average Bonchev–Trinajstić information content (AvgIpc) is 2.85. The summed E-state index contributed by atoms with van der Waals surface area (Å²) in [7, 11) is 0. The highest BCUT2D eigenvalue weighted by Gasteiger charge is 2.35. The fourth-order valence-corrected chi connectivity index (χ4v) is 2.89. The SMILES string of the molecule is CC1CN(C(=O)C2Cc3ccccc3O2)CCC1N.Cl. The number of fused-ring (bicyclic) bond motifs is 1. The molecule has 1 aromatic carbocycles. The monoisotopic (exact) mass is 296 g/mol. The lowest BCUT2D eigenvalue weighted by Gasteiger charge is -2.36. The predicted molar refractivity (Wildman–Crippen MR) is 80.1 cm³/mol. The summed E-state index contributed by atoms with van der Waals surface area (Å²) in [5.74, 6) is 1.32. The summed E-state index contributed by atoms with van der Waals surface area (Å²) in [5, 5.41) is 0. The highest BCUT2D eigenvalue weighted by atomic mass is 35.5. The van der Waals surface area contributed by atoms with Crippen LogP contribution in [-0.2, 0) is 11.2 Å². The van der Waals surface area contributed by atoms with Crippen LogP contribution in [0.15, 0.2) is 24.3 Å². The van der Waals surface area contributed by atoms with Crippen LogP contribution in [0.1, 0.15) is 18.9 Å². The van der Waals surface area contributed by atoms with Crippen LogP contribution in [0.5, 0.6) is 5.75 Å². The van der Waals surface area contributed by atoms with Gasteiger partial charge >= 0.3 is 0 Å². The van der Waals surface area contributed by atoms with Gasteiger partial charge in [0.05, 0.1) is 0 Å². The number of ether oxygens (including phenoxy) is 1. The van der Waals surface area contributed by atoms with Crippen LogP contribution < -0.4 is 10.5 Å². The number of nitrogens with zero attached hydrogens (tertiary/aromatic N) is 1. The quantitative estimate of drug-likeness (QED) is 0.856. The lowest BCUT2D eigenvalue weighted by atomic mass is 9.94. The Morgan fingerprint density at radius 2 is 2.15 bits per heavy atom. The van der Waals surface area contributed by atoms with Gasteiger partial charge in [-0.05, 0) is 24.0 Å². The molecule has 2 aliphatic rings. The normalized spacial score (nSPS) is 28.3. The van der Waals surface area contributed by atoms with E-state index in [9.17, 15) is 4.79 Å². The molecule has 1 aromatic rings. The Morgan fingerprint density at radius 1 is 1.40 bits per heavy atom. The van der Waals surface area contributed by atoms with Gasteiger partial charge in [0, 0.05) is 25.6 Å². The van der Waals surface area contributed by atoms with Gasteiger partial charge in [0.25, 0.3) is 5.91 Å². The van der Waals surface area contributed by atoms with E-state index in [2.05, 4.69) is 6.92 Å². The zero-order valence-electron chi connectivity index (χ0n) is 11.6. The standard InChI is InChI=1S/C15H20N2O2.ClH/c1-10-9-17(7-6-12(10)16)15(18)14-8-11-4-2-3-5-13(11)19-14;/h2-5,10,12,14H,6-9,16H2,1H3;1H. The molecule has 3 unspecified atom stereocenters. The van der Waals surface area contributed by atoms with Crippen molar-refractivity contribution in [1.82, 2.24) is 4.90 Å². The third-order valence-corrected chi connectivity index (χ3v) is 4.21. The van der Waals surface area contributed by atoms with Crippen molar-refractivity contribution in [1.29, 1.82) is 0 Å². The van der Waals surface area contributed by atoms with Crippen molar-refractivity contribution < 1.29 is 9.53 Å². The van der Waals surface area contributed by atoms with E-state index in [1.807, 2.05) is 29.2 Å². The number of hydrogen-bond donors (Lipinski definition) is 1. The molecule has 4 nitrogen and oxygen atoms in total. The Bertz CT molecular complexity index is 470. The van der Waals surface area contributed by atoms with Crippen LogP contribution in [0.25, 0.3) is 0 Å². The highest BCUT2D eigenvalue weighted by Crippen LogP contribution is 2.29. The first-order valence-corrected chi connectivity index (χ1v) is 6.94. The fourth-order valence-electron chi connectivity index (χ4n) is 2.89.